The first-order valence-electron chi connectivity index (χ1n) is 8.31. The molecular weight excluding hydrogens is 393 g/mol. The van der Waals surface area contributed by atoms with Gasteiger partial charge in [-0.2, -0.15) is 13.1 Å². The number of hydrogen-bond donors (Lipinski definition) is 3. The molecule has 140 valence electrons. The molecule has 0 fully saturated rings. The molecule has 26 heavy (non-hydrogen) atoms. The van der Waals surface area contributed by atoms with Gasteiger partial charge in [0.1, 0.15) is 0 Å². The van der Waals surface area contributed by atoms with Gasteiger partial charge in [-0.3, -0.25) is 0 Å². The standard InChI is InChI=1S/C18H21Cl2N3O2S/c1-22-18-7-5-13(12-3-6-16(19)17(20)9-12)14-4-2-11(8-15(14)18)10-23-26(21,24)25/h2-4,6,8-9,13,18,22-23H,5,7,10H2,1H3,(H2,21,24,25). The molecule has 8 heteroatoms. The molecule has 3 rings (SSSR count). The summed E-state index contributed by atoms with van der Waals surface area (Å²) in [6.45, 7) is 0.167. The van der Waals surface area contributed by atoms with Crippen molar-refractivity contribution < 1.29 is 8.42 Å². The molecule has 2 atom stereocenters. The van der Waals surface area contributed by atoms with Crippen molar-refractivity contribution in [1.29, 1.82) is 0 Å². The minimum absolute atomic E-state index is 0.167. The lowest BCUT2D eigenvalue weighted by Gasteiger charge is -2.32. The third-order valence-corrected chi connectivity index (χ3v) is 6.10. The molecule has 0 saturated carbocycles. The van der Waals surface area contributed by atoms with Crippen LogP contribution in [0.4, 0.5) is 0 Å². The Kier molecular flexibility index (Phi) is 5.91. The van der Waals surface area contributed by atoms with Crippen LogP contribution in [0.3, 0.4) is 0 Å². The fraction of sp³-hybridized carbons (Fsp3) is 0.333. The Morgan fingerprint density at radius 2 is 1.85 bits per heavy atom. The van der Waals surface area contributed by atoms with Gasteiger partial charge in [-0.25, -0.2) is 5.14 Å². The van der Waals surface area contributed by atoms with Crippen LogP contribution in [0.2, 0.25) is 10.0 Å². The zero-order chi connectivity index (χ0) is 18.9. The van der Waals surface area contributed by atoms with E-state index in [1.165, 1.54) is 11.1 Å². The summed E-state index contributed by atoms with van der Waals surface area (Å²) in [6.07, 6.45) is 1.96. The first-order chi connectivity index (χ1) is 12.3. The van der Waals surface area contributed by atoms with E-state index in [1.54, 1.807) is 0 Å². The lowest BCUT2D eigenvalue weighted by Crippen LogP contribution is -2.30. The zero-order valence-electron chi connectivity index (χ0n) is 14.3. The van der Waals surface area contributed by atoms with Gasteiger partial charge in [-0.05, 0) is 54.3 Å². The Morgan fingerprint density at radius 3 is 2.50 bits per heavy atom. The molecule has 0 spiro atoms. The van der Waals surface area contributed by atoms with Crippen molar-refractivity contribution in [3.8, 4) is 0 Å². The highest BCUT2D eigenvalue weighted by Crippen LogP contribution is 2.42. The largest absolute Gasteiger partial charge is 0.313 e. The molecule has 0 aliphatic heterocycles. The second-order valence-corrected chi connectivity index (χ2v) is 8.67. The number of nitrogens with one attached hydrogen (secondary N) is 2. The van der Waals surface area contributed by atoms with E-state index in [-0.39, 0.29) is 18.5 Å². The third-order valence-electron chi connectivity index (χ3n) is 4.82. The summed E-state index contributed by atoms with van der Waals surface area (Å²) in [7, 11) is -1.78. The molecule has 2 aromatic carbocycles. The maximum atomic E-state index is 11.1. The minimum Gasteiger partial charge on any atom is -0.313 e. The molecular formula is C18H21Cl2N3O2S. The van der Waals surface area contributed by atoms with Crippen molar-refractivity contribution in [2.45, 2.75) is 31.3 Å². The van der Waals surface area contributed by atoms with Gasteiger partial charge in [-0.15, -0.1) is 0 Å². The number of fused-ring (bicyclic) bond motifs is 1. The molecule has 0 heterocycles. The Balaban J connectivity index is 1.97. The van der Waals surface area contributed by atoms with Crippen molar-refractivity contribution >= 4 is 33.4 Å². The van der Waals surface area contributed by atoms with Gasteiger partial charge in [-0.1, -0.05) is 47.5 Å². The Morgan fingerprint density at radius 1 is 1.08 bits per heavy atom. The van der Waals surface area contributed by atoms with Crippen molar-refractivity contribution in [1.82, 2.24) is 10.0 Å². The highest BCUT2D eigenvalue weighted by atomic mass is 35.5. The molecule has 5 nitrogen and oxygen atoms in total. The van der Waals surface area contributed by atoms with Crippen LogP contribution >= 0.6 is 23.2 Å². The molecule has 2 unspecified atom stereocenters. The summed E-state index contributed by atoms with van der Waals surface area (Å²) in [5.74, 6) is 0.226. The zero-order valence-corrected chi connectivity index (χ0v) is 16.6. The molecule has 1 aliphatic rings. The number of halogens is 2. The van der Waals surface area contributed by atoms with Gasteiger partial charge in [0, 0.05) is 18.5 Å². The molecule has 4 N–H and O–H groups in total. The Hall–Kier alpha value is -1.15. The SMILES string of the molecule is CNC1CCC(c2ccc(Cl)c(Cl)c2)c2ccc(CNS(N)(=O)=O)cc21. The smallest absolute Gasteiger partial charge is 0.274 e. The van der Waals surface area contributed by atoms with Crippen molar-refractivity contribution in [2.75, 3.05) is 7.05 Å². The molecule has 0 aromatic heterocycles. The average Bonchev–Trinajstić information content (AvgIpc) is 2.60. The van der Waals surface area contributed by atoms with E-state index < -0.39 is 10.2 Å². The van der Waals surface area contributed by atoms with E-state index in [4.69, 9.17) is 28.3 Å². The first-order valence-corrected chi connectivity index (χ1v) is 10.6. The fourth-order valence-corrected chi connectivity index (χ4v) is 4.23. The maximum absolute atomic E-state index is 11.1. The summed E-state index contributed by atoms with van der Waals surface area (Å²) in [5, 5.41) is 9.46. The summed E-state index contributed by atoms with van der Waals surface area (Å²) in [5.41, 5.74) is 4.38. The van der Waals surface area contributed by atoms with Gasteiger partial charge in [0.15, 0.2) is 0 Å². The van der Waals surface area contributed by atoms with E-state index in [0.717, 1.165) is 24.0 Å². The van der Waals surface area contributed by atoms with Crippen LogP contribution in [-0.2, 0) is 16.8 Å². The Labute approximate surface area is 164 Å². The van der Waals surface area contributed by atoms with Gasteiger partial charge >= 0.3 is 0 Å². The van der Waals surface area contributed by atoms with Crippen LogP contribution in [0.1, 0.15) is 47.1 Å². The quantitative estimate of drug-likeness (QED) is 0.701. The normalized spacial score (nSPS) is 20.0. The van der Waals surface area contributed by atoms with E-state index in [2.05, 4.69) is 16.1 Å². The van der Waals surface area contributed by atoms with E-state index in [9.17, 15) is 8.42 Å². The van der Waals surface area contributed by atoms with E-state index in [0.29, 0.717) is 10.0 Å². The lowest BCUT2D eigenvalue weighted by molar-refractivity contribution is 0.470. The molecule has 0 saturated heterocycles. The first kappa shape index (κ1) is 19.6. The summed E-state index contributed by atoms with van der Waals surface area (Å²) in [6, 6.07) is 12.0. The monoisotopic (exact) mass is 413 g/mol. The summed E-state index contributed by atoms with van der Waals surface area (Å²) < 4.78 is 24.6. The minimum atomic E-state index is -3.72. The predicted molar refractivity (Wildman–Crippen MR) is 106 cm³/mol. The van der Waals surface area contributed by atoms with Crippen LogP contribution in [0.15, 0.2) is 36.4 Å². The summed E-state index contributed by atoms with van der Waals surface area (Å²) in [4.78, 5) is 0. The molecule has 0 amide bonds. The van der Waals surface area contributed by atoms with Crippen LogP contribution in [0.5, 0.6) is 0 Å². The van der Waals surface area contributed by atoms with Crippen LogP contribution in [-0.4, -0.2) is 15.5 Å². The predicted octanol–water partition coefficient (Wildman–Crippen LogP) is 3.47. The van der Waals surface area contributed by atoms with E-state index in [1.807, 2.05) is 37.4 Å². The second-order valence-electron chi connectivity index (χ2n) is 6.47. The van der Waals surface area contributed by atoms with Crippen molar-refractivity contribution in [2.24, 2.45) is 5.14 Å². The number of rotatable bonds is 5. The van der Waals surface area contributed by atoms with Gasteiger partial charge in [0.25, 0.3) is 10.2 Å². The number of nitrogens with two attached hydrogens (primary N) is 1. The molecule has 2 aromatic rings. The maximum Gasteiger partial charge on any atom is 0.274 e. The topological polar surface area (TPSA) is 84.2 Å². The van der Waals surface area contributed by atoms with Gasteiger partial charge < -0.3 is 5.32 Å². The van der Waals surface area contributed by atoms with Crippen molar-refractivity contribution in [3.63, 3.8) is 0 Å². The Bertz CT molecular complexity index is 919. The van der Waals surface area contributed by atoms with Gasteiger partial charge in [0.2, 0.25) is 0 Å². The van der Waals surface area contributed by atoms with Crippen LogP contribution < -0.4 is 15.2 Å². The van der Waals surface area contributed by atoms with Crippen molar-refractivity contribution in [3.05, 3.63) is 68.7 Å². The molecule has 0 bridgehead atoms. The van der Waals surface area contributed by atoms with Crippen LogP contribution in [0, 0.1) is 0 Å². The highest BCUT2D eigenvalue weighted by Gasteiger charge is 2.28. The van der Waals surface area contributed by atoms with Gasteiger partial charge in [0.05, 0.1) is 10.0 Å². The second kappa shape index (κ2) is 7.84. The highest BCUT2D eigenvalue weighted by molar-refractivity contribution is 7.87. The lowest BCUT2D eigenvalue weighted by atomic mass is 9.76. The molecule has 1 aliphatic carbocycles. The number of benzene rings is 2. The summed E-state index contributed by atoms with van der Waals surface area (Å²) >= 11 is 12.3. The third kappa shape index (κ3) is 4.39. The average molecular weight is 414 g/mol. The molecule has 0 radical (unpaired) electrons. The van der Waals surface area contributed by atoms with E-state index >= 15 is 0 Å². The number of hydrogen-bond acceptors (Lipinski definition) is 3. The fourth-order valence-electron chi connectivity index (χ4n) is 3.56. The van der Waals surface area contributed by atoms with Crippen LogP contribution in [0.25, 0.3) is 0 Å².